The number of amidine groups is 1. The summed E-state index contributed by atoms with van der Waals surface area (Å²) in [6, 6.07) is 8.02. The number of halogens is 2. The first kappa shape index (κ1) is 23.6. The quantitative estimate of drug-likeness (QED) is 0.203. The lowest BCUT2D eigenvalue weighted by Gasteiger charge is -2.37. The highest BCUT2D eigenvalue weighted by molar-refractivity contribution is 9.09. The molecule has 0 spiro atoms. The summed E-state index contributed by atoms with van der Waals surface area (Å²) in [6.07, 6.45) is 3.27. The van der Waals surface area contributed by atoms with Crippen molar-refractivity contribution in [2.24, 2.45) is 4.99 Å². The molecule has 1 aromatic carbocycles. The number of likely N-dealkylation sites (N-methyl/N-ethyl adjacent to an activating group) is 1. The molecule has 5 nitrogen and oxygen atoms in total. The van der Waals surface area contributed by atoms with Crippen molar-refractivity contribution in [1.82, 2.24) is 14.7 Å². The van der Waals surface area contributed by atoms with Gasteiger partial charge in [0.25, 0.3) is 0 Å². The average Bonchev–Trinajstić information content (AvgIpc) is 2.96. The van der Waals surface area contributed by atoms with Crippen LogP contribution in [0.15, 0.2) is 41.2 Å². The van der Waals surface area contributed by atoms with E-state index in [1.54, 1.807) is 0 Å². The molecule has 0 saturated carbocycles. The second-order valence-electron chi connectivity index (χ2n) is 9.65. The minimum atomic E-state index is -1.68. The van der Waals surface area contributed by atoms with Crippen LogP contribution in [0.4, 0.5) is 0 Å². The Morgan fingerprint density at radius 3 is 2.53 bits per heavy atom. The summed E-state index contributed by atoms with van der Waals surface area (Å²) in [5.74, 6) is 1.04. The van der Waals surface area contributed by atoms with Gasteiger partial charge in [0, 0.05) is 38.0 Å². The van der Waals surface area contributed by atoms with Gasteiger partial charge in [0.2, 0.25) is 0 Å². The molecule has 3 rings (SSSR count). The lowest BCUT2D eigenvalue weighted by molar-refractivity contribution is 0.217. The number of fused-ring (bicyclic) bond motifs is 1. The van der Waals surface area contributed by atoms with Crippen LogP contribution in [0.3, 0.4) is 0 Å². The number of benzene rings is 1. The fraction of sp³-hybridized carbons (Fsp3) is 0.591. The number of hydrogen-bond donors (Lipinski definition) is 0. The second-order valence-corrected chi connectivity index (χ2v) is 15.7. The molecular weight excluding hydrogens is 480 g/mol. The van der Waals surface area contributed by atoms with Crippen molar-refractivity contribution < 1.29 is 4.43 Å². The van der Waals surface area contributed by atoms with Gasteiger partial charge < -0.3 is 19.1 Å². The summed E-state index contributed by atoms with van der Waals surface area (Å²) >= 11 is 9.77. The molecule has 0 N–H and O–H groups in total. The van der Waals surface area contributed by atoms with Crippen LogP contribution in [0.25, 0.3) is 0 Å². The van der Waals surface area contributed by atoms with E-state index in [-0.39, 0.29) is 10.1 Å². The minimum Gasteiger partial charge on any atom is -0.417 e. The third kappa shape index (κ3) is 5.42. The summed E-state index contributed by atoms with van der Waals surface area (Å²) in [5.41, 5.74) is 2.37. The van der Waals surface area contributed by atoms with Crippen LogP contribution in [-0.4, -0.2) is 60.8 Å². The van der Waals surface area contributed by atoms with Gasteiger partial charge in [-0.3, -0.25) is 0 Å². The van der Waals surface area contributed by atoms with Crippen LogP contribution in [0, 0.1) is 0 Å². The van der Waals surface area contributed by atoms with Crippen molar-refractivity contribution in [2.75, 3.05) is 26.9 Å². The second kappa shape index (κ2) is 9.23. The first-order valence-corrected chi connectivity index (χ1v) is 14.7. The Kier molecular flexibility index (Phi) is 7.27. The maximum Gasteiger partial charge on any atom is 0.191 e. The molecule has 2 aliphatic rings. The molecule has 2 aliphatic heterocycles. The van der Waals surface area contributed by atoms with Crippen molar-refractivity contribution in [3.63, 3.8) is 0 Å². The van der Waals surface area contributed by atoms with Crippen LogP contribution >= 0.6 is 27.5 Å². The van der Waals surface area contributed by atoms with E-state index in [1.165, 1.54) is 5.56 Å². The van der Waals surface area contributed by atoms with E-state index in [4.69, 9.17) is 21.0 Å². The molecule has 8 heteroatoms. The Morgan fingerprint density at radius 1 is 1.23 bits per heavy atom. The Bertz CT molecular complexity index is 806. The standard InChI is InChI=1S/C22H34BrClN4OSi/c1-22(2,3)30(5,6)29-13-7-12-27-15-19-20(26(4)16-27)25-21(23)28(19)14-17-8-10-18(24)11-9-17/h8-11,15,21H,7,12-14,16H2,1-6H3. The van der Waals surface area contributed by atoms with E-state index in [2.05, 4.69) is 89.9 Å². The maximum atomic E-state index is 6.35. The van der Waals surface area contributed by atoms with Gasteiger partial charge in [0.1, 0.15) is 0 Å². The maximum absolute atomic E-state index is 6.35. The minimum absolute atomic E-state index is 0.0567. The monoisotopic (exact) mass is 512 g/mol. The zero-order valence-electron chi connectivity index (χ0n) is 19.0. The number of alkyl halides is 1. The molecule has 0 fully saturated rings. The molecule has 0 radical (unpaired) electrons. The molecule has 1 atom stereocenters. The molecule has 0 aliphatic carbocycles. The average molecular weight is 514 g/mol. The van der Waals surface area contributed by atoms with Gasteiger partial charge in [-0.15, -0.1) is 0 Å². The molecule has 0 saturated heterocycles. The molecule has 30 heavy (non-hydrogen) atoms. The van der Waals surface area contributed by atoms with Gasteiger partial charge in [-0.2, -0.15) is 0 Å². The van der Waals surface area contributed by atoms with E-state index in [0.29, 0.717) is 0 Å². The number of aliphatic imine (C=N–C) groups is 1. The van der Waals surface area contributed by atoms with Crippen LogP contribution in [0.1, 0.15) is 32.8 Å². The van der Waals surface area contributed by atoms with Crippen LogP contribution in [-0.2, 0) is 11.0 Å². The first-order chi connectivity index (χ1) is 14.0. The lowest BCUT2D eigenvalue weighted by Crippen LogP contribution is -2.44. The fourth-order valence-electron chi connectivity index (χ4n) is 3.35. The third-order valence-corrected chi connectivity index (χ3v) is 11.7. The molecular formula is C22H34BrClN4OSi. The summed E-state index contributed by atoms with van der Waals surface area (Å²) in [7, 11) is 0.426. The molecule has 1 aromatic rings. The Balaban J connectivity index is 1.63. The highest BCUT2D eigenvalue weighted by atomic mass is 79.9. The van der Waals surface area contributed by atoms with Crippen molar-refractivity contribution >= 4 is 41.7 Å². The third-order valence-electron chi connectivity index (χ3n) is 6.21. The summed E-state index contributed by atoms with van der Waals surface area (Å²) in [4.78, 5) is 11.7. The van der Waals surface area contributed by atoms with Gasteiger partial charge >= 0.3 is 0 Å². The van der Waals surface area contributed by atoms with Crippen LogP contribution in [0.2, 0.25) is 23.2 Å². The van der Waals surface area contributed by atoms with Crippen molar-refractivity contribution in [3.8, 4) is 0 Å². The number of rotatable bonds is 7. The van der Waals surface area contributed by atoms with E-state index < -0.39 is 8.32 Å². The van der Waals surface area contributed by atoms with Gasteiger partial charge in [-0.25, -0.2) is 4.99 Å². The molecule has 0 bridgehead atoms. The summed E-state index contributed by atoms with van der Waals surface area (Å²) in [6.45, 7) is 14.9. The summed E-state index contributed by atoms with van der Waals surface area (Å²) in [5, 5.41) is 0.955. The fourth-order valence-corrected chi connectivity index (χ4v) is 5.13. The predicted molar refractivity (Wildman–Crippen MR) is 132 cm³/mol. The highest BCUT2D eigenvalue weighted by Crippen LogP contribution is 2.36. The zero-order chi connectivity index (χ0) is 22.1. The van der Waals surface area contributed by atoms with Gasteiger partial charge in [-0.05, 0) is 58.2 Å². The Hall–Kier alpha value is -1.02. The smallest absolute Gasteiger partial charge is 0.191 e. The molecule has 166 valence electrons. The predicted octanol–water partition coefficient (Wildman–Crippen LogP) is 5.69. The number of hydrogen-bond acceptors (Lipinski definition) is 5. The SMILES string of the molecule is CN1CN(CCCO[Si](C)(C)C(C)(C)C)C=C2C1=NC(Br)N2Cc1ccc(Cl)cc1. The van der Waals surface area contributed by atoms with Crippen LogP contribution < -0.4 is 0 Å². The van der Waals surface area contributed by atoms with Crippen molar-refractivity contribution in [1.29, 1.82) is 0 Å². The molecule has 1 unspecified atom stereocenters. The molecule has 2 heterocycles. The number of nitrogens with zero attached hydrogens (tertiary/aromatic N) is 4. The normalized spacial score (nSPS) is 19.7. The highest BCUT2D eigenvalue weighted by Gasteiger charge is 2.37. The van der Waals surface area contributed by atoms with Gasteiger partial charge in [0.05, 0.1) is 12.4 Å². The van der Waals surface area contributed by atoms with E-state index in [1.807, 2.05) is 12.1 Å². The Morgan fingerprint density at radius 2 is 1.90 bits per heavy atom. The van der Waals surface area contributed by atoms with Crippen LogP contribution in [0.5, 0.6) is 0 Å². The summed E-state index contributed by atoms with van der Waals surface area (Å²) < 4.78 is 6.35. The lowest BCUT2D eigenvalue weighted by atomic mass is 10.2. The first-order valence-electron chi connectivity index (χ1n) is 10.5. The topological polar surface area (TPSA) is 31.3 Å². The van der Waals surface area contributed by atoms with Crippen molar-refractivity contribution in [2.45, 2.75) is 56.9 Å². The van der Waals surface area contributed by atoms with Crippen molar-refractivity contribution in [3.05, 3.63) is 46.7 Å². The van der Waals surface area contributed by atoms with E-state index in [0.717, 1.165) is 49.3 Å². The zero-order valence-corrected chi connectivity index (χ0v) is 22.3. The van der Waals surface area contributed by atoms with Gasteiger partial charge in [0.15, 0.2) is 19.2 Å². The Labute approximate surface area is 196 Å². The van der Waals surface area contributed by atoms with E-state index >= 15 is 0 Å². The van der Waals surface area contributed by atoms with E-state index in [9.17, 15) is 0 Å². The molecule has 0 aromatic heterocycles. The van der Waals surface area contributed by atoms with Gasteiger partial charge in [-0.1, -0.05) is 44.5 Å². The molecule has 0 amide bonds. The largest absolute Gasteiger partial charge is 0.417 e.